The summed E-state index contributed by atoms with van der Waals surface area (Å²) in [6, 6.07) is 7.54. The molecule has 0 spiro atoms. The molecule has 0 heterocycles. The molecule has 2 atom stereocenters. The molecule has 1 aromatic carbocycles. The van der Waals surface area contributed by atoms with Crippen LogP contribution in [0.1, 0.15) is 48.9 Å². The maximum absolute atomic E-state index is 12.0. The van der Waals surface area contributed by atoms with Gasteiger partial charge in [-0.25, -0.2) is 0 Å². The first kappa shape index (κ1) is 15.0. The van der Waals surface area contributed by atoms with Crippen molar-refractivity contribution >= 4 is 17.5 Å². The fourth-order valence-corrected chi connectivity index (χ4v) is 2.97. The first-order chi connectivity index (χ1) is 10.6. The maximum atomic E-state index is 12.0. The van der Waals surface area contributed by atoms with Crippen LogP contribution in [0.3, 0.4) is 0 Å². The lowest BCUT2D eigenvalue weighted by atomic mass is 10.00. The molecule has 0 saturated heterocycles. The van der Waals surface area contributed by atoms with Gasteiger partial charge in [0.15, 0.2) is 0 Å². The zero-order valence-corrected chi connectivity index (χ0v) is 12.7. The third-order valence-electron chi connectivity index (χ3n) is 4.51. The molecule has 2 aliphatic rings. The summed E-state index contributed by atoms with van der Waals surface area (Å²) in [4.78, 5) is 23.9. The Kier molecular flexibility index (Phi) is 4.43. The summed E-state index contributed by atoms with van der Waals surface area (Å²) in [5, 5.41) is 5.83. The smallest absolute Gasteiger partial charge is 0.251 e. The number of benzene rings is 1. The van der Waals surface area contributed by atoms with E-state index in [1.165, 1.54) is 0 Å². The molecule has 2 aliphatic carbocycles. The molecule has 1 aromatic rings. The number of carbonyl (C=O) groups is 2. The minimum Gasteiger partial charge on any atom is -0.349 e. The summed E-state index contributed by atoms with van der Waals surface area (Å²) in [6.07, 6.45) is 5.79. The number of anilines is 1. The van der Waals surface area contributed by atoms with Crippen LogP contribution < -0.4 is 16.4 Å². The van der Waals surface area contributed by atoms with Crippen LogP contribution in [0.5, 0.6) is 0 Å². The summed E-state index contributed by atoms with van der Waals surface area (Å²) >= 11 is 0. The Hall–Kier alpha value is -1.88. The van der Waals surface area contributed by atoms with Gasteiger partial charge in [-0.1, -0.05) is 6.42 Å². The molecule has 2 saturated carbocycles. The number of hydrogen-bond acceptors (Lipinski definition) is 3. The van der Waals surface area contributed by atoms with E-state index in [4.69, 9.17) is 5.73 Å². The number of nitrogens with two attached hydrogens (primary N) is 1. The van der Waals surface area contributed by atoms with Gasteiger partial charge in [-0.2, -0.15) is 0 Å². The SMILES string of the molecule is N[C@@H]1CCC[C@H]1CC(=O)Nc1ccc(C(=O)NC2CC2)cc1. The van der Waals surface area contributed by atoms with Gasteiger partial charge in [0.1, 0.15) is 0 Å². The Morgan fingerprint density at radius 1 is 1.09 bits per heavy atom. The summed E-state index contributed by atoms with van der Waals surface area (Å²) in [6.45, 7) is 0. The van der Waals surface area contributed by atoms with Crippen LogP contribution in [0, 0.1) is 5.92 Å². The second-order valence-corrected chi connectivity index (χ2v) is 6.43. The normalized spacial score (nSPS) is 24.0. The van der Waals surface area contributed by atoms with Gasteiger partial charge >= 0.3 is 0 Å². The molecule has 0 radical (unpaired) electrons. The van der Waals surface area contributed by atoms with E-state index in [9.17, 15) is 9.59 Å². The van der Waals surface area contributed by atoms with E-state index >= 15 is 0 Å². The lowest BCUT2D eigenvalue weighted by molar-refractivity contribution is -0.117. The highest BCUT2D eigenvalue weighted by Crippen LogP contribution is 2.27. The first-order valence-electron chi connectivity index (χ1n) is 8.08. The number of rotatable bonds is 5. The Morgan fingerprint density at radius 3 is 2.41 bits per heavy atom. The van der Waals surface area contributed by atoms with E-state index in [1.54, 1.807) is 24.3 Å². The van der Waals surface area contributed by atoms with Crippen LogP contribution in [0.2, 0.25) is 0 Å². The predicted molar refractivity (Wildman–Crippen MR) is 85.5 cm³/mol. The van der Waals surface area contributed by atoms with Crippen molar-refractivity contribution in [2.45, 2.75) is 50.6 Å². The number of nitrogens with one attached hydrogen (secondary N) is 2. The minimum atomic E-state index is -0.0442. The molecule has 5 heteroatoms. The van der Waals surface area contributed by atoms with Crippen molar-refractivity contribution in [1.82, 2.24) is 5.32 Å². The van der Waals surface area contributed by atoms with Crippen LogP contribution in [-0.2, 0) is 4.79 Å². The van der Waals surface area contributed by atoms with Crippen LogP contribution >= 0.6 is 0 Å². The molecule has 4 N–H and O–H groups in total. The lowest BCUT2D eigenvalue weighted by Crippen LogP contribution is -2.28. The third kappa shape index (κ3) is 3.85. The van der Waals surface area contributed by atoms with Crippen LogP contribution in [0.4, 0.5) is 5.69 Å². The van der Waals surface area contributed by atoms with E-state index in [1.807, 2.05) is 0 Å². The van der Waals surface area contributed by atoms with Crippen molar-refractivity contribution in [2.24, 2.45) is 11.7 Å². The van der Waals surface area contributed by atoms with Gasteiger partial charge in [-0.15, -0.1) is 0 Å². The van der Waals surface area contributed by atoms with Gasteiger partial charge in [0.2, 0.25) is 5.91 Å². The first-order valence-corrected chi connectivity index (χ1v) is 8.08. The number of amides is 2. The van der Waals surface area contributed by atoms with Crippen molar-refractivity contribution in [2.75, 3.05) is 5.32 Å². The summed E-state index contributed by atoms with van der Waals surface area (Å²) in [5.74, 6) is 0.249. The average molecular weight is 301 g/mol. The highest BCUT2D eigenvalue weighted by atomic mass is 16.2. The number of hydrogen-bond donors (Lipinski definition) is 3. The highest BCUT2D eigenvalue weighted by Gasteiger charge is 2.26. The van der Waals surface area contributed by atoms with Gasteiger partial charge in [0, 0.05) is 29.8 Å². The molecule has 0 aromatic heterocycles. The molecular formula is C17H23N3O2. The van der Waals surface area contributed by atoms with Gasteiger partial charge < -0.3 is 16.4 Å². The lowest BCUT2D eigenvalue weighted by Gasteiger charge is -2.14. The van der Waals surface area contributed by atoms with Crippen LogP contribution in [0.15, 0.2) is 24.3 Å². The van der Waals surface area contributed by atoms with Gasteiger partial charge in [0.05, 0.1) is 0 Å². The minimum absolute atomic E-state index is 0.00229. The van der Waals surface area contributed by atoms with Gasteiger partial charge in [-0.05, 0) is 55.9 Å². The van der Waals surface area contributed by atoms with E-state index in [2.05, 4.69) is 10.6 Å². The Labute approximate surface area is 130 Å². The molecule has 0 unspecified atom stereocenters. The molecule has 5 nitrogen and oxygen atoms in total. The van der Waals surface area contributed by atoms with E-state index in [0.717, 1.165) is 37.8 Å². The molecule has 0 bridgehead atoms. The molecule has 2 amide bonds. The summed E-state index contributed by atoms with van der Waals surface area (Å²) in [7, 11) is 0. The zero-order valence-electron chi connectivity index (χ0n) is 12.7. The van der Waals surface area contributed by atoms with E-state index < -0.39 is 0 Å². The second-order valence-electron chi connectivity index (χ2n) is 6.43. The zero-order chi connectivity index (χ0) is 15.5. The predicted octanol–water partition coefficient (Wildman–Crippen LogP) is 2.03. The fourth-order valence-electron chi connectivity index (χ4n) is 2.97. The summed E-state index contributed by atoms with van der Waals surface area (Å²) in [5.41, 5.74) is 7.34. The molecule has 2 fully saturated rings. The molecule has 3 rings (SSSR count). The highest BCUT2D eigenvalue weighted by molar-refractivity contribution is 5.96. The van der Waals surface area contributed by atoms with Gasteiger partial charge in [0.25, 0.3) is 5.91 Å². The van der Waals surface area contributed by atoms with Crippen molar-refractivity contribution in [3.8, 4) is 0 Å². The van der Waals surface area contributed by atoms with Crippen molar-refractivity contribution in [3.05, 3.63) is 29.8 Å². The van der Waals surface area contributed by atoms with Crippen LogP contribution in [-0.4, -0.2) is 23.9 Å². The van der Waals surface area contributed by atoms with E-state index in [-0.39, 0.29) is 17.9 Å². The Morgan fingerprint density at radius 2 is 1.82 bits per heavy atom. The molecule has 22 heavy (non-hydrogen) atoms. The Balaban J connectivity index is 1.51. The monoisotopic (exact) mass is 301 g/mol. The average Bonchev–Trinajstić information content (AvgIpc) is 3.22. The quantitative estimate of drug-likeness (QED) is 0.778. The van der Waals surface area contributed by atoms with Crippen molar-refractivity contribution < 1.29 is 9.59 Å². The largest absolute Gasteiger partial charge is 0.349 e. The maximum Gasteiger partial charge on any atom is 0.251 e. The Bertz CT molecular complexity index is 552. The van der Waals surface area contributed by atoms with Gasteiger partial charge in [-0.3, -0.25) is 9.59 Å². The van der Waals surface area contributed by atoms with E-state index in [0.29, 0.717) is 23.9 Å². The molecular weight excluding hydrogens is 278 g/mol. The number of carbonyl (C=O) groups excluding carboxylic acids is 2. The van der Waals surface area contributed by atoms with Crippen LogP contribution in [0.25, 0.3) is 0 Å². The third-order valence-corrected chi connectivity index (χ3v) is 4.51. The molecule has 0 aliphatic heterocycles. The topological polar surface area (TPSA) is 84.2 Å². The fraction of sp³-hybridized carbons (Fsp3) is 0.529. The second kappa shape index (κ2) is 6.48. The standard InChI is InChI=1S/C17H23N3O2/c18-15-3-1-2-12(15)10-16(21)19-13-6-4-11(5-7-13)17(22)20-14-8-9-14/h4-7,12,14-15H,1-3,8-10,18H2,(H,19,21)(H,20,22)/t12-,15+/m0/s1. The van der Waals surface area contributed by atoms with Crippen molar-refractivity contribution in [1.29, 1.82) is 0 Å². The molecule has 118 valence electrons. The summed E-state index contributed by atoms with van der Waals surface area (Å²) < 4.78 is 0. The van der Waals surface area contributed by atoms with Crippen molar-refractivity contribution in [3.63, 3.8) is 0 Å².